The SMILES string of the molecule is CCCCCCCCCCCC=CC=CC=CC=CC(=O)OCC=C(C)CCCC(C)CCCC(C)CCCC(C)C. The van der Waals surface area contributed by atoms with Crippen molar-refractivity contribution in [3.63, 3.8) is 0 Å². The number of hydrogen-bond acceptors (Lipinski definition) is 2. The van der Waals surface area contributed by atoms with Crippen LogP contribution in [0.2, 0.25) is 0 Å². The molecule has 0 aliphatic rings. The molecule has 2 nitrogen and oxygen atoms in total. The van der Waals surface area contributed by atoms with Crippen molar-refractivity contribution in [1.82, 2.24) is 0 Å². The van der Waals surface area contributed by atoms with Crippen molar-refractivity contribution in [1.29, 1.82) is 0 Å². The van der Waals surface area contributed by atoms with E-state index in [9.17, 15) is 4.79 Å². The fourth-order valence-corrected chi connectivity index (χ4v) is 5.26. The monoisotopic (exact) mass is 583 g/mol. The highest BCUT2D eigenvalue weighted by Crippen LogP contribution is 2.22. The smallest absolute Gasteiger partial charge is 0.331 e. The lowest BCUT2D eigenvalue weighted by molar-refractivity contribution is -0.136. The Balaban J connectivity index is 3.79. The molecule has 0 saturated carbocycles. The summed E-state index contributed by atoms with van der Waals surface area (Å²) in [6, 6.07) is 0. The van der Waals surface area contributed by atoms with Crippen LogP contribution < -0.4 is 0 Å². The van der Waals surface area contributed by atoms with Crippen molar-refractivity contribution in [3.8, 4) is 0 Å². The number of allylic oxidation sites excluding steroid dienone is 8. The van der Waals surface area contributed by atoms with Gasteiger partial charge < -0.3 is 4.74 Å². The van der Waals surface area contributed by atoms with Gasteiger partial charge in [0.1, 0.15) is 6.61 Å². The molecular weight excluding hydrogens is 512 g/mol. The van der Waals surface area contributed by atoms with Crippen molar-refractivity contribution in [2.24, 2.45) is 17.8 Å². The zero-order valence-corrected chi connectivity index (χ0v) is 28.9. The van der Waals surface area contributed by atoms with E-state index in [1.54, 1.807) is 6.08 Å². The first-order chi connectivity index (χ1) is 20.3. The Labute approximate surface area is 263 Å². The van der Waals surface area contributed by atoms with E-state index < -0.39 is 0 Å². The highest BCUT2D eigenvalue weighted by atomic mass is 16.5. The molecule has 2 unspecified atom stereocenters. The second kappa shape index (κ2) is 30.6. The van der Waals surface area contributed by atoms with Crippen LogP contribution in [-0.4, -0.2) is 12.6 Å². The zero-order chi connectivity index (χ0) is 31.1. The maximum absolute atomic E-state index is 11.9. The first-order valence-electron chi connectivity index (χ1n) is 17.8. The predicted octanol–water partition coefficient (Wildman–Crippen LogP) is 13.1. The molecule has 0 saturated heterocycles. The van der Waals surface area contributed by atoms with Crippen LogP contribution in [0.15, 0.2) is 60.3 Å². The summed E-state index contributed by atoms with van der Waals surface area (Å²) in [4.78, 5) is 11.9. The van der Waals surface area contributed by atoms with Gasteiger partial charge in [0.2, 0.25) is 0 Å². The molecule has 0 fully saturated rings. The van der Waals surface area contributed by atoms with Gasteiger partial charge in [0.15, 0.2) is 0 Å². The van der Waals surface area contributed by atoms with Gasteiger partial charge in [-0.1, -0.05) is 179 Å². The summed E-state index contributed by atoms with van der Waals surface area (Å²) in [5.41, 5.74) is 1.31. The molecule has 242 valence electrons. The van der Waals surface area contributed by atoms with E-state index in [2.05, 4.69) is 59.8 Å². The van der Waals surface area contributed by atoms with Crippen LogP contribution in [0.1, 0.15) is 164 Å². The lowest BCUT2D eigenvalue weighted by Gasteiger charge is -2.15. The molecule has 42 heavy (non-hydrogen) atoms. The normalized spacial score (nSPS) is 14.3. The van der Waals surface area contributed by atoms with Gasteiger partial charge in [-0.3, -0.25) is 0 Å². The van der Waals surface area contributed by atoms with Crippen molar-refractivity contribution in [2.45, 2.75) is 164 Å². The van der Waals surface area contributed by atoms with Gasteiger partial charge in [-0.25, -0.2) is 4.79 Å². The Morgan fingerprint density at radius 2 is 1.14 bits per heavy atom. The number of carbonyl (C=O) groups excluding carboxylic acids is 1. The first kappa shape index (κ1) is 40.2. The maximum atomic E-state index is 11.9. The summed E-state index contributed by atoms with van der Waals surface area (Å²) < 4.78 is 5.32. The van der Waals surface area contributed by atoms with Gasteiger partial charge >= 0.3 is 5.97 Å². The largest absolute Gasteiger partial charge is 0.458 e. The van der Waals surface area contributed by atoms with E-state index in [-0.39, 0.29) is 5.97 Å². The molecular formula is C40H70O2. The van der Waals surface area contributed by atoms with Gasteiger partial charge in [-0.05, 0) is 56.4 Å². The number of esters is 1. The van der Waals surface area contributed by atoms with Gasteiger partial charge in [-0.15, -0.1) is 0 Å². The number of hydrogen-bond donors (Lipinski definition) is 0. The Hall–Kier alpha value is -1.83. The lowest BCUT2D eigenvalue weighted by atomic mass is 9.91. The van der Waals surface area contributed by atoms with Crippen molar-refractivity contribution in [3.05, 3.63) is 60.3 Å². The minimum Gasteiger partial charge on any atom is -0.458 e. The van der Waals surface area contributed by atoms with Crippen LogP contribution in [0.4, 0.5) is 0 Å². The van der Waals surface area contributed by atoms with Crippen molar-refractivity contribution >= 4 is 5.97 Å². The van der Waals surface area contributed by atoms with Crippen LogP contribution >= 0.6 is 0 Å². The van der Waals surface area contributed by atoms with Gasteiger partial charge in [-0.2, -0.15) is 0 Å². The summed E-state index contributed by atoms with van der Waals surface area (Å²) in [5, 5.41) is 0. The molecule has 0 N–H and O–H groups in total. The van der Waals surface area contributed by atoms with Crippen LogP contribution in [0.3, 0.4) is 0 Å². The molecule has 0 aromatic heterocycles. The Kier molecular flexibility index (Phi) is 29.3. The third-order valence-corrected chi connectivity index (χ3v) is 8.20. The molecule has 0 radical (unpaired) electrons. The quantitative estimate of drug-likeness (QED) is 0.0301. The molecule has 0 heterocycles. The average molecular weight is 583 g/mol. The molecule has 0 aliphatic carbocycles. The van der Waals surface area contributed by atoms with Crippen molar-refractivity contribution < 1.29 is 9.53 Å². The maximum Gasteiger partial charge on any atom is 0.331 e. The summed E-state index contributed by atoms with van der Waals surface area (Å²) in [5.74, 6) is 2.22. The third kappa shape index (κ3) is 31.1. The highest BCUT2D eigenvalue weighted by molar-refractivity contribution is 5.82. The van der Waals surface area contributed by atoms with Crippen LogP contribution in [0.5, 0.6) is 0 Å². The molecule has 0 amide bonds. The Morgan fingerprint density at radius 1 is 0.619 bits per heavy atom. The third-order valence-electron chi connectivity index (χ3n) is 8.20. The molecule has 0 aliphatic heterocycles. The molecule has 0 bridgehead atoms. The van der Waals surface area contributed by atoms with Crippen LogP contribution in [0, 0.1) is 17.8 Å². The molecule has 0 spiro atoms. The fourth-order valence-electron chi connectivity index (χ4n) is 5.26. The minimum absolute atomic E-state index is 0.291. The number of ether oxygens (including phenoxy) is 1. The van der Waals surface area contributed by atoms with E-state index in [0.29, 0.717) is 6.61 Å². The topological polar surface area (TPSA) is 26.3 Å². The zero-order valence-electron chi connectivity index (χ0n) is 28.9. The number of unbranched alkanes of at least 4 members (excludes halogenated alkanes) is 9. The summed E-state index contributed by atoms with van der Waals surface area (Å²) in [6.45, 7) is 14.2. The second-order valence-corrected chi connectivity index (χ2v) is 13.2. The highest BCUT2D eigenvalue weighted by Gasteiger charge is 2.07. The van der Waals surface area contributed by atoms with Gasteiger partial charge in [0, 0.05) is 6.08 Å². The first-order valence-corrected chi connectivity index (χ1v) is 17.8. The average Bonchev–Trinajstić information content (AvgIpc) is 2.94. The van der Waals surface area contributed by atoms with E-state index in [1.165, 1.54) is 121 Å². The van der Waals surface area contributed by atoms with Gasteiger partial charge in [0.25, 0.3) is 0 Å². The lowest BCUT2D eigenvalue weighted by Crippen LogP contribution is -2.01. The Morgan fingerprint density at radius 3 is 1.76 bits per heavy atom. The molecule has 2 atom stereocenters. The van der Waals surface area contributed by atoms with E-state index in [0.717, 1.165) is 30.6 Å². The standard InChI is InChI=1S/C40H70O2/c1-7-8-9-10-11-12-13-14-15-16-17-18-19-20-21-22-23-33-40(41)42-35-34-39(6)32-26-31-38(5)30-25-29-37(4)28-24-27-36(2)3/h17-23,33-34,36-38H,7-16,24-32,35H2,1-6H3. The minimum atomic E-state index is -0.291. The second-order valence-electron chi connectivity index (χ2n) is 13.2. The van der Waals surface area contributed by atoms with E-state index >= 15 is 0 Å². The van der Waals surface area contributed by atoms with Gasteiger partial charge in [0.05, 0.1) is 0 Å². The van der Waals surface area contributed by atoms with Crippen LogP contribution in [0.25, 0.3) is 0 Å². The molecule has 0 aromatic carbocycles. The molecule has 2 heteroatoms. The predicted molar refractivity (Wildman–Crippen MR) is 188 cm³/mol. The van der Waals surface area contributed by atoms with Crippen LogP contribution in [-0.2, 0) is 9.53 Å². The Bertz CT molecular complexity index is 752. The molecule has 0 rings (SSSR count). The van der Waals surface area contributed by atoms with E-state index in [4.69, 9.17) is 4.74 Å². The van der Waals surface area contributed by atoms with E-state index in [1.807, 2.05) is 24.3 Å². The summed E-state index contributed by atoms with van der Waals surface area (Å²) in [6.07, 6.45) is 42.8. The summed E-state index contributed by atoms with van der Waals surface area (Å²) >= 11 is 0. The summed E-state index contributed by atoms with van der Waals surface area (Å²) in [7, 11) is 0. The van der Waals surface area contributed by atoms with Crippen molar-refractivity contribution in [2.75, 3.05) is 6.61 Å². The molecule has 0 aromatic rings. The number of rotatable bonds is 28. The fraction of sp³-hybridized carbons (Fsp3) is 0.725. The number of carbonyl (C=O) groups is 1.